The Labute approximate surface area is 142 Å². The van der Waals surface area contributed by atoms with Crippen molar-refractivity contribution >= 4 is 15.9 Å². The lowest BCUT2D eigenvalue weighted by molar-refractivity contribution is -0.121. The summed E-state index contributed by atoms with van der Waals surface area (Å²) in [7, 11) is -1.57. The number of nitrogens with zero attached hydrogens (tertiary/aromatic N) is 3. The number of amides is 1. The molecular formula is C15H25N5O3S. The lowest BCUT2D eigenvalue weighted by atomic mass is 9.87. The number of aryl methyl sites for hydroxylation is 2. The second kappa shape index (κ2) is 6.12. The fraction of sp³-hybridized carbons (Fsp3) is 0.733. The number of nitrogens with one attached hydrogen (secondary N) is 2. The molecule has 1 spiro atoms. The van der Waals surface area contributed by atoms with Gasteiger partial charge in [-0.25, -0.2) is 8.42 Å². The van der Waals surface area contributed by atoms with Gasteiger partial charge in [0.15, 0.2) is 0 Å². The molecule has 3 heterocycles. The summed E-state index contributed by atoms with van der Waals surface area (Å²) < 4.78 is 27.8. The second-order valence-corrected chi connectivity index (χ2v) is 8.72. The SMILES string of the molecule is Cc1n[nH]c(C)c1S(=O)(=O)N1CCN(C)C2(CCNC(=O)CC2)C1. The molecule has 0 radical (unpaired) electrons. The molecule has 2 aliphatic rings. The van der Waals surface area contributed by atoms with Crippen LogP contribution in [0.2, 0.25) is 0 Å². The minimum atomic E-state index is -3.60. The van der Waals surface area contributed by atoms with Crippen LogP contribution in [0, 0.1) is 13.8 Å². The normalized spacial score (nSPS) is 27.2. The van der Waals surface area contributed by atoms with Crippen molar-refractivity contribution in [3.8, 4) is 0 Å². The zero-order valence-electron chi connectivity index (χ0n) is 14.4. The van der Waals surface area contributed by atoms with Gasteiger partial charge in [-0.1, -0.05) is 0 Å². The summed E-state index contributed by atoms with van der Waals surface area (Å²) in [6, 6.07) is 0. The van der Waals surface area contributed by atoms with E-state index in [4.69, 9.17) is 0 Å². The Bertz CT molecular complexity index is 725. The fourth-order valence-electron chi connectivity index (χ4n) is 3.82. The molecule has 1 unspecified atom stereocenters. The van der Waals surface area contributed by atoms with Gasteiger partial charge >= 0.3 is 0 Å². The number of aromatic amines is 1. The number of H-pyrrole nitrogens is 1. The number of likely N-dealkylation sites (N-methyl/N-ethyl adjacent to an activating group) is 1. The molecule has 1 atom stereocenters. The molecule has 2 N–H and O–H groups in total. The Morgan fingerprint density at radius 1 is 1.21 bits per heavy atom. The van der Waals surface area contributed by atoms with E-state index in [1.807, 2.05) is 7.05 Å². The van der Waals surface area contributed by atoms with Gasteiger partial charge in [0, 0.05) is 38.1 Å². The number of carbonyl (C=O) groups excluding carboxylic acids is 1. The third kappa shape index (κ3) is 2.84. The summed E-state index contributed by atoms with van der Waals surface area (Å²) in [4.78, 5) is 14.2. The van der Waals surface area contributed by atoms with Crippen molar-refractivity contribution in [2.24, 2.45) is 0 Å². The summed E-state index contributed by atoms with van der Waals surface area (Å²) in [6.07, 6.45) is 1.86. The van der Waals surface area contributed by atoms with Crippen LogP contribution in [0.3, 0.4) is 0 Å². The van der Waals surface area contributed by atoms with Crippen molar-refractivity contribution in [3.05, 3.63) is 11.4 Å². The quantitative estimate of drug-likeness (QED) is 0.778. The molecule has 1 aromatic rings. The average Bonchev–Trinajstić information content (AvgIpc) is 2.75. The smallest absolute Gasteiger partial charge is 0.246 e. The zero-order chi connectivity index (χ0) is 17.5. The maximum absolute atomic E-state index is 13.1. The highest BCUT2D eigenvalue weighted by Gasteiger charge is 2.45. The first-order valence-electron chi connectivity index (χ1n) is 8.26. The molecule has 2 fully saturated rings. The van der Waals surface area contributed by atoms with E-state index in [1.54, 1.807) is 18.2 Å². The number of aromatic nitrogens is 2. The molecule has 8 nitrogen and oxygen atoms in total. The number of piperazine rings is 1. The highest BCUT2D eigenvalue weighted by atomic mass is 32.2. The van der Waals surface area contributed by atoms with Crippen LogP contribution in [0.25, 0.3) is 0 Å². The number of sulfonamides is 1. The Balaban J connectivity index is 1.91. The van der Waals surface area contributed by atoms with Crippen molar-refractivity contribution in [1.29, 1.82) is 0 Å². The average molecular weight is 355 g/mol. The van der Waals surface area contributed by atoms with Gasteiger partial charge in [-0.05, 0) is 33.7 Å². The molecule has 3 rings (SSSR count). The monoisotopic (exact) mass is 355 g/mol. The summed E-state index contributed by atoms with van der Waals surface area (Å²) in [5.41, 5.74) is 0.770. The van der Waals surface area contributed by atoms with Crippen molar-refractivity contribution in [1.82, 2.24) is 24.7 Å². The van der Waals surface area contributed by atoms with Crippen LogP contribution in [0.5, 0.6) is 0 Å². The van der Waals surface area contributed by atoms with E-state index < -0.39 is 10.0 Å². The molecule has 1 amide bonds. The van der Waals surface area contributed by atoms with Crippen LogP contribution >= 0.6 is 0 Å². The van der Waals surface area contributed by atoms with Crippen LogP contribution in [0.15, 0.2) is 4.90 Å². The largest absolute Gasteiger partial charge is 0.356 e. The van der Waals surface area contributed by atoms with Gasteiger partial charge in [0.25, 0.3) is 0 Å². The lowest BCUT2D eigenvalue weighted by Crippen LogP contribution is -2.62. The number of rotatable bonds is 2. The molecule has 2 saturated heterocycles. The van der Waals surface area contributed by atoms with E-state index in [1.165, 1.54) is 0 Å². The van der Waals surface area contributed by atoms with Crippen LogP contribution in [-0.4, -0.2) is 72.5 Å². The van der Waals surface area contributed by atoms with E-state index in [-0.39, 0.29) is 16.3 Å². The molecule has 0 aliphatic carbocycles. The maximum atomic E-state index is 13.1. The minimum Gasteiger partial charge on any atom is -0.356 e. The second-order valence-electron chi connectivity index (χ2n) is 6.85. The standard InChI is InChI=1S/C15H25N5O3S/c1-11-14(12(2)18-17-11)24(22,23)20-9-8-19(3)15(10-20)5-4-13(21)16-7-6-15/h4-10H2,1-3H3,(H,16,21)(H,17,18). The molecule has 134 valence electrons. The number of carbonyl (C=O) groups is 1. The predicted molar refractivity (Wildman–Crippen MR) is 89.0 cm³/mol. The molecule has 9 heteroatoms. The first-order chi connectivity index (χ1) is 11.3. The number of hydrogen-bond acceptors (Lipinski definition) is 5. The summed E-state index contributed by atoms with van der Waals surface area (Å²) in [6.45, 7) is 5.53. The van der Waals surface area contributed by atoms with Crippen LogP contribution in [0.1, 0.15) is 30.7 Å². The molecule has 0 bridgehead atoms. The first kappa shape index (κ1) is 17.4. The van der Waals surface area contributed by atoms with E-state index in [0.717, 1.165) is 6.42 Å². The summed E-state index contributed by atoms with van der Waals surface area (Å²) in [5.74, 6) is 0.0433. The van der Waals surface area contributed by atoms with Crippen molar-refractivity contribution in [3.63, 3.8) is 0 Å². The van der Waals surface area contributed by atoms with Gasteiger partial charge in [0.1, 0.15) is 4.90 Å². The molecule has 1 aromatic heterocycles. The van der Waals surface area contributed by atoms with Crippen LogP contribution in [-0.2, 0) is 14.8 Å². The fourth-order valence-corrected chi connectivity index (χ4v) is 5.66. The van der Waals surface area contributed by atoms with Crippen LogP contribution < -0.4 is 5.32 Å². The zero-order valence-corrected chi connectivity index (χ0v) is 15.2. The number of hydrogen-bond donors (Lipinski definition) is 2. The molecule has 0 aromatic carbocycles. The molecule has 24 heavy (non-hydrogen) atoms. The van der Waals surface area contributed by atoms with Crippen molar-refractivity contribution in [2.45, 2.75) is 43.5 Å². The van der Waals surface area contributed by atoms with Gasteiger partial charge in [-0.15, -0.1) is 0 Å². The van der Waals surface area contributed by atoms with E-state index in [2.05, 4.69) is 20.4 Å². The first-order valence-corrected chi connectivity index (χ1v) is 9.70. The maximum Gasteiger partial charge on any atom is 0.246 e. The Morgan fingerprint density at radius 2 is 1.96 bits per heavy atom. The highest BCUT2D eigenvalue weighted by Crippen LogP contribution is 2.33. The third-order valence-corrected chi connectivity index (χ3v) is 7.46. The van der Waals surface area contributed by atoms with Crippen LogP contribution in [0.4, 0.5) is 0 Å². The van der Waals surface area contributed by atoms with E-state index in [9.17, 15) is 13.2 Å². The highest BCUT2D eigenvalue weighted by molar-refractivity contribution is 7.89. The molecule has 2 aliphatic heterocycles. The molecular weight excluding hydrogens is 330 g/mol. The van der Waals surface area contributed by atoms with Crippen molar-refractivity contribution < 1.29 is 13.2 Å². The van der Waals surface area contributed by atoms with E-state index in [0.29, 0.717) is 50.4 Å². The minimum absolute atomic E-state index is 0.0433. The predicted octanol–water partition coefficient (Wildman–Crippen LogP) is 0.00154. The van der Waals surface area contributed by atoms with E-state index >= 15 is 0 Å². The van der Waals surface area contributed by atoms with Crippen molar-refractivity contribution in [2.75, 3.05) is 33.2 Å². The van der Waals surface area contributed by atoms with Gasteiger partial charge in [0.2, 0.25) is 15.9 Å². The molecule has 0 saturated carbocycles. The Hall–Kier alpha value is -1.45. The summed E-state index contributed by atoms with van der Waals surface area (Å²) in [5, 5.41) is 9.67. The third-order valence-electron chi connectivity index (χ3n) is 5.35. The van der Waals surface area contributed by atoms with Gasteiger partial charge in [0.05, 0.1) is 11.4 Å². The summed E-state index contributed by atoms with van der Waals surface area (Å²) >= 11 is 0. The van der Waals surface area contributed by atoms with Gasteiger partial charge in [-0.3, -0.25) is 14.8 Å². The topological polar surface area (TPSA) is 98.4 Å². The Kier molecular flexibility index (Phi) is 4.43. The van der Waals surface area contributed by atoms with Gasteiger partial charge in [-0.2, -0.15) is 9.40 Å². The lowest BCUT2D eigenvalue weighted by Gasteiger charge is -2.48. The van der Waals surface area contributed by atoms with Gasteiger partial charge < -0.3 is 5.32 Å². The Morgan fingerprint density at radius 3 is 2.62 bits per heavy atom.